The predicted octanol–water partition coefficient (Wildman–Crippen LogP) is 4.59. The molecule has 1 N–H and O–H groups in total. The highest BCUT2D eigenvalue weighted by molar-refractivity contribution is 5.61. The van der Waals surface area contributed by atoms with Crippen LogP contribution in [0.2, 0.25) is 0 Å². The van der Waals surface area contributed by atoms with Crippen LogP contribution in [0.3, 0.4) is 0 Å². The molecule has 0 aromatic heterocycles. The lowest BCUT2D eigenvalue weighted by Gasteiger charge is -2.16. The maximum absolute atomic E-state index is 4.09. The topological polar surface area (TPSA) is 12.0 Å². The summed E-state index contributed by atoms with van der Waals surface area (Å²) in [6, 6.07) is 6.31. The maximum Gasteiger partial charge on any atom is 0.0443 e. The van der Waals surface area contributed by atoms with Crippen LogP contribution in [0.1, 0.15) is 31.4 Å². The molecule has 0 spiro atoms. The van der Waals surface area contributed by atoms with Crippen LogP contribution < -0.4 is 5.32 Å². The molecule has 0 radical (unpaired) electrons. The number of allylic oxidation sites excluding steroid dienone is 2. The molecule has 0 unspecified atom stereocenters. The van der Waals surface area contributed by atoms with Gasteiger partial charge >= 0.3 is 0 Å². The Morgan fingerprint density at radius 1 is 1.31 bits per heavy atom. The molecule has 86 valence electrons. The maximum atomic E-state index is 4.09. The molecule has 0 aliphatic rings. The average molecular weight is 215 g/mol. The van der Waals surface area contributed by atoms with E-state index < -0.39 is 0 Å². The summed E-state index contributed by atoms with van der Waals surface area (Å²) >= 11 is 0. The van der Waals surface area contributed by atoms with E-state index in [2.05, 4.69) is 63.9 Å². The fourth-order valence-corrected chi connectivity index (χ4v) is 1.83. The summed E-state index contributed by atoms with van der Waals surface area (Å²) < 4.78 is 0. The predicted molar refractivity (Wildman–Crippen MR) is 72.7 cm³/mol. The number of benzene rings is 1. The molecule has 0 bridgehead atoms. The smallest absolute Gasteiger partial charge is 0.0443 e. The molecule has 16 heavy (non-hydrogen) atoms. The molecule has 0 saturated carbocycles. The SMILES string of the molecule is C=C(Nc1c(C)cccc1C)/C(=C\C)CC. The standard InChI is InChI=1S/C15H21N/c1-6-14(7-2)13(5)16-15-11(3)9-8-10-12(15)4/h6,8-10,16H,5,7H2,1-4H3/b14-6-. The summed E-state index contributed by atoms with van der Waals surface area (Å²) in [6.07, 6.45) is 3.12. The van der Waals surface area contributed by atoms with Gasteiger partial charge in [0.25, 0.3) is 0 Å². The van der Waals surface area contributed by atoms with Gasteiger partial charge in [-0.2, -0.15) is 0 Å². The van der Waals surface area contributed by atoms with E-state index in [1.54, 1.807) is 0 Å². The van der Waals surface area contributed by atoms with Crippen LogP contribution in [0.4, 0.5) is 5.69 Å². The quantitative estimate of drug-likeness (QED) is 0.725. The highest BCUT2D eigenvalue weighted by atomic mass is 14.9. The number of para-hydroxylation sites is 1. The van der Waals surface area contributed by atoms with Gasteiger partial charge in [0.2, 0.25) is 0 Å². The van der Waals surface area contributed by atoms with Crippen LogP contribution >= 0.6 is 0 Å². The third kappa shape index (κ3) is 2.75. The van der Waals surface area contributed by atoms with Crippen molar-refractivity contribution in [1.82, 2.24) is 0 Å². The molecule has 1 aromatic rings. The van der Waals surface area contributed by atoms with Crippen LogP contribution in [0.5, 0.6) is 0 Å². The summed E-state index contributed by atoms with van der Waals surface area (Å²) in [5, 5.41) is 3.42. The Morgan fingerprint density at radius 2 is 1.88 bits per heavy atom. The van der Waals surface area contributed by atoms with Gasteiger partial charge in [-0.05, 0) is 43.9 Å². The fourth-order valence-electron chi connectivity index (χ4n) is 1.83. The Labute approximate surface area is 98.9 Å². The van der Waals surface area contributed by atoms with Gasteiger partial charge in [-0.1, -0.05) is 37.8 Å². The first kappa shape index (κ1) is 12.6. The minimum absolute atomic E-state index is 1.00. The molecular formula is C15H21N. The van der Waals surface area contributed by atoms with Gasteiger partial charge in [0, 0.05) is 11.4 Å². The number of aryl methyl sites for hydroxylation is 2. The molecule has 0 saturated heterocycles. The molecule has 1 rings (SSSR count). The average Bonchev–Trinajstić information content (AvgIpc) is 2.25. The van der Waals surface area contributed by atoms with Crippen molar-refractivity contribution in [2.45, 2.75) is 34.1 Å². The zero-order chi connectivity index (χ0) is 12.1. The van der Waals surface area contributed by atoms with Crippen molar-refractivity contribution >= 4 is 5.69 Å². The van der Waals surface area contributed by atoms with E-state index in [0.717, 1.165) is 12.1 Å². The van der Waals surface area contributed by atoms with Crippen molar-refractivity contribution in [3.8, 4) is 0 Å². The molecule has 0 fully saturated rings. The summed E-state index contributed by atoms with van der Waals surface area (Å²) in [4.78, 5) is 0. The second-order valence-corrected chi connectivity index (χ2v) is 4.04. The van der Waals surface area contributed by atoms with E-state index >= 15 is 0 Å². The first-order valence-electron chi connectivity index (χ1n) is 5.77. The first-order chi connectivity index (χ1) is 7.60. The van der Waals surface area contributed by atoms with Gasteiger partial charge in [0.05, 0.1) is 0 Å². The van der Waals surface area contributed by atoms with Crippen molar-refractivity contribution in [3.63, 3.8) is 0 Å². The van der Waals surface area contributed by atoms with Gasteiger partial charge in [0.1, 0.15) is 0 Å². The van der Waals surface area contributed by atoms with Crippen molar-refractivity contribution < 1.29 is 0 Å². The minimum atomic E-state index is 1.00. The van der Waals surface area contributed by atoms with E-state index in [-0.39, 0.29) is 0 Å². The molecule has 0 amide bonds. The fraction of sp³-hybridized carbons (Fsp3) is 0.333. The third-order valence-electron chi connectivity index (χ3n) is 2.87. The minimum Gasteiger partial charge on any atom is -0.355 e. The van der Waals surface area contributed by atoms with Crippen LogP contribution in [-0.2, 0) is 0 Å². The zero-order valence-corrected chi connectivity index (χ0v) is 10.7. The van der Waals surface area contributed by atoms with E-state index in [1.165, 1.54) is 22.4 Å². The Hall–Kier alpha value is -1.50. The summed E-state index contributed by atoms with van der Waals surface area (Å²) in [5.41, 5.74) is 5.96. The normalized spacial score (nSPS) is 11.4. The lowest BCUT2D eigenvalue weighted by Crippen LogP contribution is -2.03. The summed E-state index contributed by atoms with van der Waals surface area (Å²) in [7, 11) is 0. The monoisotopic (exact) mass is 215 g/mol. The molecular weight excluding hydrogens is 194 g/mol. The van der Waals surface area contributed by atoms with Crippen molar-refractivity contribution in [2.24, 2.45) is 0 Å². The zero-order valence-electron chi connectivity index (χ0n) is 10.7. The largest absolute Gasteiger partial charge is 0.355 e. The van der Waals surface area contributed by atoms with E-state index in [9.17, 15) is 0 Å². The van der Waals surface area contributed by atoms with Gasteiger partial charge in [-0.15, -0.1) is 0 Å². The second-order valence-electron chi connectivity index (χ2n) is 4.04. The molecule has 0 aliphatic heterocycles. The molecule has 1 heteroatoms. The van der Waals surface area contributed by atoms with Crippen molar-refractivity contribution in [1.29, 1.82) is 0 Å². The van der Waals surface area contributed by atoms with Gasteiger partial charge < -0.3 is 5.32 Å². The van der Waals surface area contributed by atoms with Gasteiger partial charge in [-0.25, -0.2) is 0 Å². The molecule has 0 heterocycles. The molecule has 0 aliphatic carbocycles. The van der Waals surface area contributed by atoms with Crippen molar-refractivity contribution in [2.75, 3.05) is 5.32 Å². The van der Waals surface area contributed by atoms with Crippen LogP contribution in [-0.4, -0.2) is 0 Å². The van der Waals surface area contributed by atoms with Crippen LogP contribution in [0, 0.1) is 13.8 Å². The molecule has 0 atom stereocenters. The Morgan fingerprint density at radius 3 is 2.31 bits per heavy atom. The van der Waals surface area contributed by atoms with Crippen molar-refractivity contribution in [3.05, 3.63) is 53.3 Å². The molecule has 1 nitrogen and oxygen atoms in total. The number of hydrogen-bond acceptors (Lipinski definition) is 1. The third-order valence-corrected chi connectivity index (χ3v) is 2.87. The number of anilines is 1. The van der Waals surface area contributed by atoms with E-state index in [4.69, 9.17) is 0 Å². The first-order valence-corrected chi connectivity index (χ1v) is 5.77. The highest BCUT2D eigenvalue weighted by Crippen LogP contribution is 2.23. The van der Waals surface area contributed by atoms with Gasteiger partial charge in [-0.3, -0.25) is 0 Å². The lowest BCUT2D eigenvalue weighted by atomic mass is 10.1. The van der Waals surface area contributed by atoms with Crippen LogP contribution in [0.15, 0.2) is 42.1 Å². The Kier molecular flexibility index (Phi) is 4.36. The number of hydrogen-bond donors (Lipinski definition) is 1. The molecule has 1 aromatic carbocycles. The number of nitrogens with one attached hydrogen (secondary N) is 1. The summed E-state index contributed by atoms with van der Waals surface area (Å²) in [5.74, 6) is 0. The Bertz CT molecular complexity index is 393. The van der Waals surface area contributed by atoms with Gasteiger partial charge in [0.15, 0.2) is 0 Å². The van der Waals surface area contributed by atoms with Crippen LogP contribution in [0.25, 0.3) is 0 Å². The lowest BCUT2D eigenvalue weighted by molar-refractivity contribution is 1.10. The summed E-state index contributed by atoms with van der Waals surface area (Å²) in [6.45, 7) is 12.5. The Balaban J connectivity index is 2.93. The van der Waals surface area contributed by atoms with E-state index in [1.807, 2.05) is 0 Å². The number of rotatable bonds is 4. The second kappa shape index (κ2) is 5.55. The highest BCUT2D eigenvalue weighted by Gasteiger charge is 2.04. The van der Waals surface area contributed by atoms with E-state index in [0.29, 0.717) is 0 Å².